The Morgan fingerprint density at radius 1 is 1.27 bits per heavy atom. The number of benzene rings is 1. The van der Waals surface area contributed by atoms with Crippen molar-refractivity contribution in [2.45, 2.75) is 26.7 Å². The maximum atomic E-state index is 13.7. The van der Waals surface area contributed by atoms with E-state index in [2.05, 4.69) is 22.2 Å². The van der Waals surface area contributed by atoms with Crippen LogP contribution in [-0.4, -0.2) is 29.7 Å². The molecule has 2 aromatic heterocycles. The van der Waals surface area contributed by atoms with Gasteiger partial charge >= 0.3 is 0 Å². The highest BCUT2D eigenvalue weighted by molar-refractivity contribution is 5.98. The maximum absolute atomic E-state index is 13.7. The van der Waals surface area contributed by atoms with Gasteiger partial charge in [0.2, 0.25) is 0 Å². The fourth-order valence-electron chi connectivity index (χ4n) is 3.65. The molecule has 5 heteroatoms. The zero-order valence-corrected chi connectivity index (χ0v) is 15.2. The predicted molar refractivity (Wildman–Crippen MR) is 102 cm³/mol. The van der Waals surface area contributed by atoms with E-state index in [0.717, 1.165) is 59.4 Å². The number of piperidine rings is 1. The number of nitrogens with zero attached hydrogens (tertiary/aromatic N) is 1. The van der Waals surface area contributed by atoms with Gasteiger partial charge in [-0.2, -0.15) is 0 Å². The van der Waals surface area contributed by atoms with Gasteiger partial charge in [0.25, 0.3) is 0 Å². The van der Waals surface area contributed by atoms with E-state index in [0.29, 0.717) is 6.61 Å². The van der Waals surface area contributed by atoms with Gasteiger partial charge in [-0.05, 0) is 50.6 Å². The summed E-state index contributed by atoms with van der Waals surface area (Å²) in [5.41, 5.74) is 3.66. The van der Waals surface area contributed by atoms with Crippen LogP contribution in [0.5, 0.6) is 5.75 Å². The molecule has 4 rings (SSSR count). The van der Waals surface area contributed by atoms with Gasteiger partial charge in [-0.1, -0.05) is 19.1 Å². The molecule has 3 heterocycles. The maximum Gasteiger partial charge on any atom is 0.141 e. The standard InChI is InChI=1S/C21H24FN3O/c1-14-11-24-20-18(17(12-25-20)15-4-3-5-16(22)10-15)19(14)26-13-21(2)6-8-23-9-7-21/h3-5,10-12,23H,6-9,13H2,1-2H3,(H,24,25). The summed E-state index contributed by atoms with van der Waals surface area (Å²) in [7, 11) is 0. The van der Waals surface area contributed by atoms with Crippen LogP contribution in [0.2, 0.25) is 0 Å². The Kier molecular flexibility index (Phi) is 4.41. The first-order valence-corrected chi connectivity index (χ1v) is 9.12. The molecule has 0 saturated carbocycles. The summed E-state index contributed by atoms with van der Waals surface area (Å²) in [6.45, 7) is 7.02. The molecule has 136 valence electrons. The lowest BCUT2D eigenvalue weighted by molar-refractivity contribution is 0.124. The molecule has 0 atom stereocenters. The summed E-state index contributed by atoms with van der Waals surface area (Å²) < 4.78 is 20.1. The fraction of sp³-hybridized carbons (Fsp3) is 0.381. The second kappa shape index (κ2) is 6.72. The normalized spacial score (nSPS) is 16.7. The van der Waals surface area contributed by atoms with E-state index < -0.39 is 0 Å². The Morgan fingerprint density at radius 3 is 2.85 bits per heavy atom. The lowest BCUT2D eigenvalue weighted by atomic mass is 9.82. The van der Waals surface area contributed by atoms with Gasteiger partial charge in [-0.15, -0.1) is 0 Å². The van der Waals surface area contributed by atoms with Crippen molar-refractivity contribution in [3.63, 3.8) is 0 Å². The van der Waals surface area contributed by atoms with Crippen LogP contribution >= 0.6 is 0 Å². The van der Waals surface area contributed by atoms with Crippen molar-refractivity contribution in [1.29, 1.82) is 0 Å². The van der Waals surface area contributed by atoms with Gasteiger partial charge in [0.05, 0.1) is 12.0 Å². The number of hydrogen-bond acceptors (Lipinski definition) is 3. The minimum atomic E-state index is -0.248. The second-order valence-corrected chi connectivity index (χ2v) is 7.56. The molecule has 1 aromatic carbocycles. The van der Waals surface area contributed by atoms with Crippen LogP contribution in [0.3, 0.4) is 0 Å². The topological polar surface area (TPSA) is 49.9 Å². The molecule has 1 fully saturated rings. The number of hydrogen-bond donors (Lipinski definition) is 2. The van der Waals surface area contributed by atoms with Gasteiger partial charge < -0.3 is 15.0 Å². The molecule has 0 amide bonds. The minimum absolute atomic E-state index is 0.169. The van der Waals surface area contributed by atoms with Crippen molar-refractivity contribution in [1.82, 2.24) is 15.3 Å². The molecular weight excluding hydrogens is 329 g/mol. The Labute approximate surface area is 152 Å². The summed E-state index contributed by atoms with van der Waals surface area (Å²) in [5.74, 6) is 0.595. The number of nitrogens with one attached hydrogen (secondary N) is 2. The SMILES string of the molecule is Cc1cnc2[nH]cc(-c3cccc(F)c3)c2c1OCC1(C)CCNCC1. The number of aromatic amines is 1. The Hall–Kier alpha value is -2.40. The van der Waals surface area contributed by atoms with Crippen molar-refractivity contribution in [3.8, 4) is 16.9 Å². The van der Waals surface area contributed by atoms with Crippen LogP contribution < -0.4 is 10.1 Å². The second-order valence-electron chi connectivity index (χ2n) is 7.56. The third-order valence-corrected chi connectivity index (χ3v) is 5.34. The van der Waals surface area contributed by atoms with Gasteiger partial charge in [0.1, 0.15) is 17.2 Å². The minimum Gasteiger partial charge on any atom is -0.492 e. The smallest absolute Gasteiger partial charge is 0.141 e. The number of halogens is 1. The predicted octanol–water partition coefficient (Wildman–Crippen LogP) is 4.45. The number of pyridine rings is 1. The average Bonchev–Trinajstić information content (AvgIpc) is 3.06. The Bertz CT molecular complexity index is 928. The van der Waals surface area contributed by atoms with Crippen molar-refractivity contribution in [3.05, 3.63) is 48.0 Å². The Morgan fingerprint density at radius 2 is 2.08 bits per heavy atom. The highest BCUT2D eigenvalue weighted by atomic mass is 19.1. The van der Waals surface area contributed by atoms with Crippen LogP contribution in [0.15, 0.2) is 36.7 Å². The van der Waals surface area contributed by atoms with Gasteiger partial charge in [-0.25, -0.2) is 9.37 Å². The van der Waals surface area contributed by atoms with E-state index in [-0.39, 0.29) is 11.2 Å². The van der Waals surface area contributed by atoms with Crippen LogP contribution in [0, 0.1) is 18.2 Å². The molecule has 1 aliphatic rings. The number of fused-ring (bicyclic) bond motifs is 1. The molecule has 1 aliphatic heterocycles. The van der Waals surface area contributed by atoms with E-state index >= 15 is 0 Å². The van der Waals surface area contributed by atoms with Crippen molar-refractivity contribution < 1.29 is 9.13 Å². The van der Waals surface area contributed by atoms with E-state index in [1.54, 1.807) is 12.1 Å². The molecule has 2 N–H and O–H groups in total. The number of aryl methyl sites for hydroxylation is 1. The van der Waals surface area contributed by atoms with E-state index in [1.807, 2.05) is 25.4 Å². The summed E-state index contributed by atoms with van der Waals surface area (Å²) in [4.78, 5) is 7.68. The monoisotopic (exact) mass is 353 g/mol. The molecule has 3 aromatic rings. The van der Waals surface area contributed by atoms with E-state index in [9.17, 15) is 4.39 Å². The highest BCUT2D eigenvalue weighted by Crippen LogP contribution is 2.38. The zero-order chi connectivity index (χ0) is 18.1. The largest absolute Gasteiger partial charge is 0.492 e. The molecule has 4 nitrogen and oxygen atoms in total. The fourth-order valence-corrected chi connectivity index (χ4v) is 3.65. The van der Waals surface area contributed by atoms with Crippen LogP contribution in [0.25, 0.3) is 22.2 Å². The molecule has 26 heavy (non-hydrogen) atoms. The lowest BCUT2D eigenvalue weighted by Crippen LogP contribution is -2.38. The average molecular weight is 353 g/mol. The molecular formula is C21H24FN3O. The van der Waals surface area contributed by atoms with Crippen molar-refractivity contribution in [2.75, 3.05) is 19.7 Å². The first kappa shape index (κ1) is 17.0. The first-order valence-electron chi connectivity index (χ1n) is 9.12. The van der Waals surface area contributed by atoms with Crippen LogP contribution in [0.4, 0.5) is 4.39 Å². The van der Waals surface area contributed by atoms with Gasteiger partial charge in [-0.3, -0.25) is 0 Å². The Balaban J connectivity index is 1.74. The summed E-state index contributed by atoms with van der Waals surface area (Å²) in [5, 5.41) is 4.33. The number of H-pyrrole nitrogens is 1. The molecule has 0 spiro atoms. The van der Waals surface area contributed by atoms with Gasteiger partial charge in [0, 0.05) is 28.9 Å². The number of rotatable bonds is 4. The third kappa shape index (κ3) is 3.19. The van der Waals surface area contributed by atoms with E-state index in [4.69, 9.17) is 4.74 Å². The van der Waals surface area contributed by atoms with Crippen molar-refractivity contribution >= 4 is 11.0 Å². The summed E-state index contributed by atoms with van der Waals surface area (Å²) >= 11 is 0. The summed E-state index contributed by atoms with van der Waals surface area (Å²) in [6, 6.07) is 6.63. The molecule has 0 radical (unpaired) electrons. The van der Waals surface area contributed by atoms with Crippen molar-refractivity contribution in [2.24, 2.45) is 5.41 Å². The first-order chi connectivity index (χ1) is 12.6. The third-order valence-electron chi connectivity index (χ3n) is 5.34. The van der Waals surface area contributed by atoms with Crippen LogP contribution in [-0.2, 0) is 0 Å². The molecule has 0 bridgehead atoms. The molecule has 0 aliphatic carbocycles. The van der Waals surface area contributed by atoms with Gasteiger partial charge in [0.15, 0.2) is 0 Å². The number of ether oxygens (including phenoxy) is 1. The summed E-state index contributed by atoms with van der Waals surface area (Å²) in [6.07, 6.45) is 5.91. The highest BCUT2D eigenvalue weighted by Gasteiger charge is 2.28. The lowest BCUT2D eigenvalue weighted by Gasteiger charge is -2.34. The molecule has 1 saturated heterocycles. The van der Waals surface area contributed by atoms with Crippen LogP contribution in [0.1, 0.15) is 25.3 Å². The number of aromatic nitrogens is 2. The molecule has 0 unspecified atom stereocenters. The quantitative estimate of drug-likeness (QED) is 0.729. The van der Waals surface area contributed by atoms with E-state index in [1.165, 1.54) is 6.07 Å². The zero-order valence-electron chi connectivity index (χ0n) is 15.2.